The van der Waals surface area contributed by atoms with Crippen LogP contribution in [0.5, 0.6) is 0 Å². The summed E-state index contributed by atoms with van der Waals surface area (Å²) in [7, 11) is 0. The molecular weight excluding hydrogens is 324 g/mol. The molecule has 1 aromatic carbocycles. The van der Waals surface area contributed by atoms with Crippen molar-refractivity contribution in [1.29, 1.82) is 0 Å². The van der Waals surface area contributed by atoms with E-state index in [1.54, 1.807) is 23.4 Å². The molecule has 4 nitrogen and oxygen atoms in total. The smallest absolute Gasteiger partial charge is 0.227 e. The third kappa shape index (κ3) is 5.05. The topological polar surface area (TPSA) is 53.4 Å². The minimum atomic E-state index is -0.740. The monoisotopic (exact) mass is 346 g/mol. The lowest BCUT2D eigenvalue weighted by Crippen LogP contribution is -2.36. The number of aliphatic hydroxyl groups is 1. The number of benzene rings is 1. The Bertz CT molecular complexity index is 676. The fourth-order valence-corrected chi connectivity index (χ4v) is 2.71. The second kappa shape index (κ2) is 8.81. The average molecular weight is 347 g/mol. The van der Waals surface area contributed by atoms with Crippen molar-refractivity contribution in [3.8, 4) is 0 Å². The second-order valence-electron chi connectivity index (χ2n) is 5.90. The maximum atomic E-state index is 12.6. The summed E-state index contributed by atoms with van der Waals surface area (Å²) in [6.07, 6.45) is 3.65. The van der Waals surface area contributed by atoms with Gasteiger partial charge in [-0.3, -0.25) is 9.78 Å². The van der Waals surface area contributed by atoms with Gasteiger partial charge in [0, 0.05) is 29.5 Å². The Balaban J connectivity index is 2.05. The highest BCUT2D eigenvalue weighted by Crippen LogP contribution is 2.18. The van der Waals surface area contributed by atoms with Crippen LogP contribution in [0.3, 0.4) is 0 Å². The van der Waals surface area contributed by atoms with Crippen molar-refractivity contribution in [1.82, 2.24) is 9.88 Å². The number of aromatic nitrogens is 1. The largest absolute Gasteiger partial charge is 0.386 e. The van der Waals surface area contributed by atoms with Gasteiger partial charge in [0.15, 0.2) is 0 Å². The van der Waals surface area contributed by atoms with E-state index in [4.69, 9.17) is 11.6 Å². The molecule has 0 aliphatic heterocycles. The van der Waals surface area contributed by atoms with E-state index < -0.39 is 6.10 Å². The summed E-state index contributed by atoms with van der Waals surface area (Å²) in [4.78, 5) is 18.3. The summed E-state index contributed by atoms with van der Waals surface area (Å²) in [5.74, 6) is -0.0142. The van der Waals surface area contributed by atoms with E-state index in [2.05, 4.69) is 4.98 Å². The summed E-state index contributed by atoms with van der Waals surface area (Å²) in [6, 6.07) is 9.25. The number of hydrogen-bond donors (Lipinski definition) is 1. The Morgan fingerprint density at radius 3 is 2.79 bits per heavy atom. The molecule has 1 amide bonds. The lowest BCUT2D eigenvalue weighted by atomic mass is 10.1. The Morgan fingerprint density at radius 1 is 1.38 bits per heavy atom. The molecule has 0 aliphatic carbocycles. The van der Waals surface area contributed by atoms with Gasteiger partial charge < -0.3 is 10.0 Å². The molecule has 0 saturated heterocycles. The van der Waals surface area contributed by atoms with Crippen molar-refractivity contribution >= 4 is 17.5 Å². The minimum absolute atomic E-state index is 0.0142. The molecule has 0 aliphatic rings. The molecule has 0 saturated carbocycles. The van der Waals surface area contributed by atoms with Crippen LogP contribution in [-0.4, -0.2) is 34.0 Å². The van der Waals surface area contributed by atoms with E-state index in [0.717, 1.165) is 17.5 Å². The Hall–Kier alpha value is -1.91. The molecule has 1 atom stereocenters. The van der Waals surface area contributed by atoms with E-state index in [1.165, 1.54) is 0 Å². The number of carbonyl (C=O) groups excluding carboxylic acids is 1. The van der Waals surface area contributed by atoms with Gasteiger partial charge in [-0.1, -0.05) is 36.7 Å². The Morgan fingerprint density at radius 2 is 2.17 bits per heavy atom. The van der Waals surface area contributed by atoms with Crippen molar-refractivity contribution in [3.05, 3.63) is 64.4 Å². The first-order valence-electron chi connectivity index (χ1n) is 8.12. The number of pyridine rings is 1. The summed E-state index contributed by atoms with van der Waals surface area (Å²) in [5.41, 5.74) is 2.59. The zero-order valence-corrected chi connectivity index (χ0v) is 14.8. The number of nitrogens with zero attached hydrogens (tertiary/aromatic N) is 2. The summed E-state index contributed by atoms with van der Waals surface area (Å²) in [5, 5.41) is 11.0. The van der Waals surface area contributed by atoms with Gasteiger partial charge in [-0.2, -0.15) is 0 Å². The van der Waals surface area contributed by atoms with E-state index >= 15 is 0 Å². The van der Waals surface area contributed by atoms with Crippen LogP contribution >= 0.6 is 11.6 Å². The first-order chi connectivity index (χ1) is 11.5. The third-order valence-corrected chi connectivity index (χ3v) is 4.31. The van der Waals surface area contributed by atoms with Crippen LogP contribution in [0.15, 0.2) is 42.7 Å². The van der Waals surface area contributed by atoms with E-state index in [0.29, 0.717) is 17.1 Å². The van der Waals surface area contributed by atoms with Crippen molar-refractivity contribution < 1.29 is 9.90 Å². The molecule has 0 spiro atoms. The molecule has 2 aromatic rings. The Labute approximate surface area is 148 Å². The van der Waals surface area contributed by atoms with Gasteiger partial charge in [-0.05, 0) is 36.6 Å². The number of amides is 1. The highest BCUT2D eigenvalue weighted by atomic mass is 35.5. The zero-order chi connectivity index (χ0) is 17.5. The molecule has 24 heavy (non-hydrogen) atoms. The van der Waals surface area contributed by atoms with Gasteiger partial charge in [-0.25, -0.2) is 0 Å². The van der Waals surface area contributed by atoms with Gasteiger partial charge in [0.25, 0.3) is 0 Å². The first-order valence-corrected chi connectivity index (χ1v) is 8.49. The number of aryl methyl sites for hydroxylation is 1. The van der Waals surface area contributed by atoms with Crippen molar-refractivity contribution in [2.45, 2.75) is 32.8 Å². The molecule has 2 rings (SSSR count). The molecule has 0 radical (unpaired) electrons. The molecular formula is C19H23ClN2O2. The van der Waals surface area contributed by atoms with E-state index in [1.807, 2.05) is 38.1 Å². The molecule has 1 N–H and O–H groups in total. The Kier molecular flexibility index (Phi) is 6.76. The van der Waals surface area contributed by atoms with Crippen LogP contribution in [0.25, 0.3) is 0 Å². The van der Waals surface area contributed by atoms with Crippen molar-refractivity contribution in [2.75, 3.05) is 13.1 Å². The van der Waals surface area contributed by atoms with Crippen LogP contribution in [-0.2, 0) is 11.2 Å². The van der Waals surface area contributed by atoms with Crippen LogP contribution in [0.2, 0.25) is 5.02 Å². The zero-order valence-electron chi connectivity index (χ0n) is 14.1. The molecule has 128 valence electrons. The number of carbonyl (C=O) groups is 1. The van der Waals surface area contributed by atoms with Crippen LogP contribution < -0.4 is 0 Å². The number of aliphatic hydroxyl groups excluding tert-OH is 1. The number of hydrogen-bond acceptors (Lipinski definition) is 3. The van der Waals surface area contributed by atoms with Crippen molar-refractivity contribution in [2.24, 2.45) is 0 Å². The highest BCUT2D eigenvalue weighted by molar-refractivity contribution is 6.31. The van der Waals surface area contributed by atoms with Gasteiger partial charge in [-0.15, -0.1) is 0 Å². The third-order valence-electron chi connectivity index (χ3n) is 3.90. The van der Waals surface area contributed by atoms with E-state index in [-0.39, 0.29) is 18.9 Å². The quantitative estimate of drug-likeness (QED) is 0.834. The van der Waals surface area contributed by atoms with Crippen molar-refractivity contribution in [3.63, 3.8) is 0 Å². The molecule has 0 unspecified atom stereocenters. The lowest BCUT2D eigenvalue weighted by molar-refractivity contribution is -0.132. The predicted molar refractivity (Wildman–Crippen MR) is 96.0 cm³/mol. The first kappa shape index (κ1) is 18.4. The van der Waals surface area contributed by atoms with Crippen LogP contribution in [0, 0.1) is 6.92 Å². The maximum absolute atomic E-state index is 12.6. The summed E-state index contributed by atoms with van der Waals surface area (Å²) < 4.78 is 0. The second-order valence-corrected chi connectivity index (χ2v) is 6.31. The van der Waals surface area contributed by atoms with Crippen LogP contribution in [0.1, 0.15) is 36.1 Å². The highest BCUT2D eigenvalue weighted by Gasteiger charge is 2.18. The fraction of sp³-hybridized carbons (Fsp3) is 0.368. The SMILES string of the molecule is CCCN(C[C@@H](O)c1cccnc1)C(=O)Cc1ccc(C)c(Cl)c1. The van der Waals surface area contributed by atoms with Gasteiger partial charge in [0.1, 0.15) is 0 Å². The number of halogens is 1. The molecule has 5 heteroatoms. The normalized spacial score (nSPS) is 12.0. The lowest BCUT2D eigenvalue weighted by Gasteiger charge is -2.25. The summed E-state index contributed by atoms with van der Waals surface area (Å²) >= 11 is 6.13. The molecule has 0 bridgehead atoms. The van der Waals surface area contributed by atoms with E-state index in [9.17, 15) is 9.90 Å². The van der Waals surface area contributed by atoms with Gasteiger partial charge in [0.2, 0.25) is 5.91 Å². The average Bonchev–Trinajstić information content (AvgIpc) is 2.58. The number of rotatable bonds is 7. The molecule has 1 heterocycles. The van der Waals surface area contributed by atoms with Gasteiger partial charge >= 0.3 is 0 Å². The molecule has 0 fully saturated rings. The minimum Gasteiger partial charge on any atom is -0.386 e. The molecule has 1 aromatic heterocycles. The standard InChI is InChI=1S/C19H23ClN2O2/c1-3-9-22(13-18(23)16-5-4-8-21-12-16)19(24)11-15-7-6-14(2)17(20)10-15/h4-8,10,12,18,23H,3,9,11,13H2,1-2H3/t18-/m1/s1. The predicted octanol–water partition coefficient (Wildman–Crippen LogP) is 3.56. The van der Waals surface area contributed by atoms with Gasteiger partial charge in [0.05, 0.1) is 19.1 Å². The van der Waals surface area contributed by atoms with Crippen LogP contribution in [0.4, 0.5) is 0 Å². The summed E-state index contributed by atoms with van der Waals surface area (Å²) in [6.45, 7) is 4.81. The fourth-order valence-electron chi connectivity index (χ4n) is 2.51. The maximum Gasteiger partial charge on any atom is 0.227 e.